The molecule has 0 spiro atoms. The SMILES string of the molecule is Cc1cccnc1CC(=O)N1CCC(CCC(=O)O)C1. The standard InChI is InChI=1S/C15H20N2O3/c1-11-3-2-7-16-13(11)9-14(18)17-8-6-12(10-17)4-5-15(19)20/h2-3,7,12H,4-6,8-10H2,1H3,(H,19,20). The zero-order chi connectivity index (χ0) is 14.5. The Morgan fingerprint density at radius 3 is 3.00 bits per heavy atom. The van der Waals surface area contributed by atoms with Crippen molar-refractivity contribution in [2.24, 2.45) is 5.92 Å². The van der Waals surface area contributed by atoms with Gasteiger partial charge in [0.25, 0.3) is 0 Å². The van der Waals surface area contributed by atoms with E-state index in [0.717, 1.165) is 24.2 Å². The largest absolute Gasteiger partial charge is 0.481 e. The minimum Gasteiger partial charge on any atom is -0.481 e. The molecule has 2 rings (SSSR count). The second kappa shape index (κ2) is 6.50. The summed E-state index contributed by atoms with van der Waals surface area (Å²) in [4.78, 5) is 28.9. The van der Waals surface area contributed by atoms with Crippen LogP contribution in [0.1, 0.15) is 30.5 Å². The topological polar surface area (TPSA) is 70.5 Å². The van der Waals surface area contributed by atoms with Gasteiger partial charge in [0, 0.05) is 25.7 Å². The van der Waals surface area contributed by atoms with Crippen molar-refractivity contribution >= 4 is 11.9 Å². The summed E-state index contributed by atoms with van der Waals surface area (Å²) in [6, 6.07) is 3.82. The molecule has 1 fully saturated rings. The van der Waals surface area contributed by atoms with Gasteiger partial charge in [-0.25, -0.2) is 0 Å². The number of likely N-dealkylation sites (tertiary alicyclic amines) is 1. The summed E-state index contributed by atoms with van der Waals surface area (Å²) in [5.41, 5.74) is 1.86. The van der Waals surface area contributed by atoms with Crippen LogP contribution in [-0.4, -0.2) is 40.0 Å². The Kier molecular flexibility index (Phi) is 4.71. The van der Waals surface area contributed by atoms with Crippen LogP contribution in [0.2, 0.25) is 0 Å². The van der Waals surface area contributed by atoms with Crippen molar-refractivity contribution in [3.63, 3.8) is 0 Å². The quantitative estimate of drug-likeness (QED) is 0.887. The van der Waals surface area contributed by atoms with E-state index in [1.807, 2.05) is 24.0 Å². The van der Waals surface area contributed by atoms with Gasteiger partial charge in [-0.3, -0.25) is 14.6 Å². The molecule has 1 aliphatic heterocycles. The highest BCUT2D eigenvalue weighted by Crippen LogP contribution is 2.21. The van der Waals surface area contributed by atoms with Crippen molar-refractivity contribution in [1.82, 2.24) is 9.88 Å². The van der Waals surface area contributed by atoms with E-state index in [4.69, 9.17) is 5.11 Å². The van der Waals surface area contributed by atoms with E-state index in [1.165, 1.54) is 0 Å². The molecule has 2 heterocycles. The second-order valence-corrected chi connectivity index (χ2v) is 5.37. The van der Waals surface area contributed by atoms with Crippen LogP contribution >= 0.6 is 0 Å². The monoisotopic (exact) mass is 276 g/mol. The van der Waals surface area contributed by atoms with E-state index in [2.05, 4.69) is 4.98 Å². The predicted octanol–water partition coefficient (Wildman–Crippen LogP) is 1.65. The van der Waals surface area contributed by atoms with E-state index >= 15 is 0 Å². The van der Waals surface area contributed by atoms with Gasteiger partial charge in [-0.2, -0.15) is 0 Å². The molecule has 1 N–H and O–H groups in total. The third kappa shape index (κ3) is 3.79. The van der Waals surface area contributed by atoms with Gasteiger partial charge in [-0.15, -0.1) is 0 Å². The first-order valence-electron chi connectivity index (χ1n) is 6.96. The van der Waals surface area contributed by atoms with Crippen LogP contribution in [0.5, 0.6) is 0 Å². The smallest absolute Gasteiger partial charge is 0.303 e. The Balaban J connectivity index is 1.85. The summed E-state index contributed by atoms with van der Waals surface area (Å²) >= 11 is 0. The number of carboxylic acids is 1. The average molecular weight is 276 g/mol. The molecular weight excluding hydrogens is 256 g/mol. The predicted molar refractivity (Wildman–Crippen MR) is 74.2 cm³/mol. The average Bonchev–Trinajstić information content (AvgIpc) is 2.88. The number of carboxylic acid groups (broad SMARTS) is 1. The summed E-state index contributed by atoms with van der Waals surface area (Å²) in [6.07, 6.45) is 3.78. The molecule has 0 saturated carbocycles. The molecular formula is C15H20N2O3. The maximum absolute atomic E-state index is 12.2. The number of hydrogen-bond acceptors (Lipinski definition) is 3. The molecule has 1 aliphatic rings. The van der Waals surface area contributed by atoms with Crippen LogP contribution in [0.4, 0.5) is 0 Å². The van der Waals surface area contributed by atoms with E-state index in [1.54, 1.807) is 6.20 Å². The Morgan fingerprint density at radius 2 is 2.30 bits per heavy atom. The van der Waals surface area contributed by atoms with Crippen LogP contribution < -0.4 is 0 Å². The van der Waals surface area contributed by atoms with Crippen LogP contribution in [0.3, 0.4) is 0 Å². The fourth-order valence-corrected chi connectivity index (χ4v) is 2.58. The Hall–Kier alpha value is -1.91. The zero-order valence-electron chi connectivity index (χ0n) is 11.7. The molecule has 1 atom stereocenters. The van der Waals surface area contributed by atoms with Crippen molar-refractivity contribution in [2.45, 2.75) is 32.6 Å². The van der Waals surface area contributed by atoms with Crippen molar-refractivity contribution in [1.29, 1.82) is 0 Å². The van der Waals surface area contributed by atoms with Gasteiger partial charge < -0.3 is 10.0 Å². The number of nitrogens with zero attached hydrogens (tertiary/aromatic N) is 2. The fourth-order valence-electron chi connectivity index (χ4n) is 2.58. The minimum atomic E-state index is -0.765. The highest BCUT2D eigenvalue weighted by atomic mass is 16.4. The summed E-state index contributed by atoms with van der Waals surface area (Å²) in [7, 11) is 0. The van der Waals surface area contributed by atoms with Crippen LogP contribution in [0.25, 0.3) is 0 Å². The maximum atomic E-state index is 12.2. The van der Waals surface area contributed by atoms with E-state index in [-0.39, 0.29) is 12.3 Å². The van der Waals surface area contributed by atoms with Crippen LogP contribution in [0, 0.1) is 12.8 Å². The van der Waals surface area contributed by atoms with Crippen molar-refractivity contribution in [3.8, 4) is 0 Å². The normalized spacial score (nSPS) is 18.2. The van der Waals surface area contributed by atoms with Crippen LogP contribution in [0.15, 0.2) is 18.3 Å². The molecule has 5 heteroatoms. The fraction of sp³-hybridized carbons (Fsp3) is 0.533. The summed E-state index contributed by atoms with van der Waals surface area (Å²) in [5.74, 6) is -0.358. The molecule has 1 amide bonds. The molecule has 0 radical (unpaired) electrons. The molecule has 1 unspecified atom stereocenters. The molecule has 1 aromatic heterocycles. The molecule has 1 saturated heterocycles. The molecule has 108 valence electrons. The summed E-state index contributed by atoms with van der Waals surface area (Å²) < 4.78 is 0. The minimum absolute atomic E-state index is 0.0876. The summed E-state index contributed by atoms with van der Waals surface area (Å²) in [5, 5.41) is 8.69. The van der Waals surface area contributed by atoms with Gasteiger partial charge in [0.1, 0.15) is 0 Å². The molecule has 0 bridgehead atoms. The van der Waals surface area contributed by atoms with Gasteiger partial charge in [-0.1, -0.05) is 6.07 Å². The van der Waals surface area contributed by atoms with Crippen molar-refractivity contribution < 1.29 is 14.7 Å². The second-order valence-electron chi connectivity index (χ2n) is 5.37. The van der Waals surface area contributed by atoms with Gasteiger partial charge >= 0.3 is 5.97 Å². The third-order valence-corrected chi connectivity index (χ3v) is 3.84. The van der Waals surface area contributed by atoms with Crippen LogP contribution in [-0.2, 0) is 16.0 Å². The van der Waals surface area contributed by atoms with Gasteiger partial charge in [-0.05, 0) is 37.3 Å². The lowest BCUT2D eigenvalue weighted by molar-refractivity contribution is -0.137. The van der Waals surface area contributed by atoms with E-state index in [0.29, 0.717) is 25.3 Å². The lowest BCUT2D eigenvalue weighted by Gasteiger charge is -2.16. The van der Waals surface area contributed by atoms with Crippen molar-refractivity contribution in [3.05, 3.63) is 29.6 Å². The number of rotatable bonds is 5. The maximum Gasteiger partial charge on any atom is 0.303 e. The van der Waals surface area contributed by atoms with Gasteiger partial charge in [0.2, 0.25) is 5.91 Å². The number of aliphatic carboxylic acids is 1. The number of carbonyl (C=O) groups excluding carboxylic acids is 1. The Labute approximate surface area is 118 Å². The summed E-state index contributed by atoms with van der Waals surface area (Å²) in [6.45, 7) is 3.36. The number of amides is 1. The highest BCUT2D eigenvalue weighted by Gasteiger charge is 2.26. The highest BCUT2D eigenvalue weighted by molar-refractivity contribution is 5.79. The molecule has 0 aromatic carbocycles. The van der Waals surface area contributed by atoms with E-state index in [9.17, 15) is 9.59 Å². The number of pyridine rings is 1. The van der Waals surface area contributed by atoms with E-state index < -0.39 is 5.97 Å². The Morgan fingerprint density at radius 1 is 1.50 bits per heavy atom. The number of carbonyl (C=O) groups is 2. The lowest BCUT2D eigenvalue weighted by atomic mass is 10.0. The number of aromatic nitrogens is 1. The zero-order valence-corrected chi connectivity index (χ0v) is 11.7. The van der Waals surface area contributed by atoms with Crippen molar-refractivity contribution in [2.75, 3.05) is 13.1 Å². The third-order valence-electron chi connectivity index (χ3n) is 3.84. The number of aryl methyl sites for hydroxylation is 1. The molecule has 0 aliphatic carbocycles. The van der Waals surface area contributed by atoms with Gasteiger partial charge in [0.15, 0.2) is 0 Å². The lowest BCUT2D eigenvalue weighted by Crippen LogP contribution is -2.30. The van der Waals surface area contributed by atoms with Gasteiger partial charge in [0.05, 0.1) is 12.1 Å². The molecule has 5 nitrogen and oxygen atoms in total. The number of hydrogen-bond donors (Lipinski definition) is 1. The first-order chi connectivity index (χ1) is 9.56. The molecule has 20 heavy (non-hydrogen) atoms. The first kappa shape index (κ1) is 14.5. The first-order valence-corrected chi connectivity index (χ1v) is 6.96. The Bertz CT molecular complexity index is 502. The molecule has 1 aromatic rings.